The summed E-state index contributed by atoms with van der Waals surface area (Å²) in [7, 11) is 1.66. The first-order valence-electron chi connectivity index (χ1n) is 11.5. The topological polar surface area (TPSA) is 120 Å². The van der Waals surface area contributed by atoms with Crippen LogP contribution >= 0.6 is 0 Å². The van der Waals surface area contributed by atoms with E-state index in [0.29, 0.717) is 12.4 Å². The van der Waals surface area contributed by atoms with Crippen molar-refractivity contribution in [3.05, 3.63) is 66.0 Å². The van der Waals surface area contributed by atoms with Gasteiger partial charge in [0.15, 0.2) is 11.5 Å². The van der Waals surface area contributed by atoms with Crippen molar-refractivity contribution in [3.63, 3.8) is 0 Å². The number of aromatic nitrogens is 2. The molecule has 2 aromatic carbocycles. The lowest BCUT2D eigenvalue weighted by atomic mass is 10.0. The average molecular weight is 463 g/mol. The number of rotatable bonds is 10. The number of carbonyl (C=O) groups is 1. The third-order valence-electron chi connectivity index (χ3n) is 5.95. The van der Waals surface area contributed by atoms with E-state index in [1.54, 1.807) is 19.5 Å². The lowest BCUT2D eigenvalue weighted by Gasteiger charge is -2.17. The van der Waals surface area contributed by atoms with Gasteiger partial charge in [-0.1, -0.05) is 30.3 Å². The number of methoxy groups -OCH3 is 1. The Morgan fingerprint density at radius 2 is 1.85 bits per heavy atom. The molecule has 0 unspecified atom stereocenters. The van der Waals surface area contributed by atoms with Crippen LogP contribution in [0.4, 0.5) is 5.82 Å². The first-order chi connectivity index (χ1) is 16.5. The fraction of sp³-hybridized carbons (Fsp3) is 0.346. The predicted molar refractivity (Wildman–Crippen MR) is 130 cm³/mol. The molecule has 4 N–H and O–H groups in total. The summed E-state index contributed by atoms with van der Waals surface area (Å²) in [4.78, 5) is 19.9. The quantitative estimate of drug-likeness (QED) is 0.413. The molecule has 1 heterocycles. The summed E-state index contributed by atoms with van der Waals surface area (Å²) in [6.45, 7) is 0.565. The smallest absolute Gasteiger partial charge is 0.320 e. The molecule has 1 atom stereocenters. The molecule has 178 valence electrons. The molecule has 1 fully saturated rings. The second-order valence-electron chi connectivity index (χ2n) is 8.50. The minimum Gasteiger partial charge on any atom is -0.493 e. The first kappa shape index (κ1) is 23.5. The number of benzene rings is 2. The van der Waals surface area contributed by atoms with Gasteiger partial charge in [-0.3, -0.25) is 9.78 Å². The highest BCUT2D eigenvalue weighted by atomic mass is 16.5. The standard InChI is InChI=1S/C26H30N4O4/c1-33-23-11-8-18(13-24(23)34-20-4-2-3-5-20)14-29-25-16-28-15-22(30-25)19-9-6-17(7-10-19)12-21(27)26(31)32/h6-11,13,15-16,20-21H,2-5,12,14,27H2,1H3,(H,29,30)(H,31,32)/t21-/m0/s1. The number of carboxylic acid groups (broad SMARTS) is 1. The fourth-order valence-corrected chi connectivity index (χ4v) is 4.04. The molecule has 0 aliphatic heterocycles. The minimum absolute atomic E-state index is 0.255. The van der Waals surface area contributed by atoms with Crippen LogP contribution in [-0.4, -0.2) is 40.3 Å². The summed E-state index contributed by atoms with van der Waals surface area (Å²) < 4.78 is 11.7. The molecule has 0 radical (unpaired) electrons. The van der Waals surface area contributed by atoms with Crippen molar-refractivity contribution in [1.82, 2.24) is 9.97 Å². The van der Waals surface area contributed by atoms with Crippen LogP contribution in [0.1, 0.15) is 36.8 Å². The molecule has 1 aliphatic rings. The highest BCUT2D eigenvalue weighted by molar-refractivity contribution is 5.73. The van der Waals surface area contributed by atoms with E-state index in [9.17, 15) is 4.79 Å². The number of ether oxygens (including phenoxy) is 2. The fourth-order valence-electron chi connectivity index (χ4n) is 4.04. The third kappa shape index (κ3) is 6.02. The maximum atomic E-state index is 11.0. The molecule has 1 aliphatic carbocycles. The summed E-state index contributed by atoms with van der Waals surface area (Å²) >= 11 is 0. The molecular formula is C26H30N4O4. The highest BCUT2D eigenvalue weighted by Gasteiger charge is 2.18. The number of aliphatic carboxylic acids is 1. The zero-order valence-electron chi connectivity index (χ0n) is 19.2. The maximum Gasteiger partial charge on any atom is 0.320 e. The van der Waals surface area contributed by atoms with Gasteiger partial charge in [-0.15, -0.1) is 0 Å². The Hall–Kier alpha value is -3.65. The van der Waals surface area contributed by atoms with Crippen LogP contribution in [0.2, 0.25) is 0 Å². The van der Waals surface area contributed by atoms with E-state index >= 15 is 0 Å². The Labute approximate surface area is 199 Å². The largest absolute Gasteiger partial charge is 0.493 e. The van der Waals surface area contributed by atoms with Crippen molar-refractivity contribution < 1.29 is 19.4 Å². The van der Waals surface area contributed by atoms with Crippen LogP contribution in [0.15, 0.2) is 54.9 Å². The maximum absolute atomic E-state index is 11.0. The summed E-state index contributed by atoms with van der Waals surface area (Å²) in [5.74, 6) is 1.16. The van der Waals surface area contributed by atoms with Gasteiger partial charge in [0.25, 0.3) is 0 Å². The number of hydrogen-bond donors (Lipinski definition) is 3. The van der Waals surface area contributed by atoms with Crippen molar-refractivity contribution >= 4 is 11.8 Å². The first-order valence-corrected chi connectivity index (χ1v) is 11.5. The van der Waals surface area contributed by atoms with E-state index in [-0.39, 0.29) is 12.5 Å². The zero-order valence-corrected chi connectivity index (χ0v) is 19.2. The molecule has 4 rings (SSSR count). The second kappa shape index (κ2) is 11.0. The monoisotopic (exact) mass is 462 g/mol. The van der Waals surface area contributed by atoms with Crippen LogP contribution in [0.25, 0.3) is 11.3 Å². The predicted octanol–water partition coefficient (Wildman–Crippen LogP) is 4.04. The van der Waals surface area contributed by atoms with Gasteiger partial charge >= 0.3 is 5.97 Å². The Morgan fingerprint density at radius 3 is 2.56 bits per heavy atom. The van der Waals surface area contributed by atoms with Crippen LogP contribution in [0.3, 0.4) is 0 Å². The third-order valence-corrected chi connectivity index (χ3v) is 5.95. The normalized spacial score (nSPS) is 14.5. The van der Waals surface area contributed by atoms with Gasteiger partial charge in [-0.05, 0) is 55.4 Å². The van der Waals surface area contributed by atoms with Crippen molar-refractivity contribution in [2.45, 2.75) is 50.8 Å². The molecule has 3 aromatic rings. The molecular weight excluding hydrogens is 432 g/mol. The SMILES string of the molecule is COc1ccc(CNc2cncc(-c3ccc(C[C@H](N)C(=O)O)cc3)n2)cc1OC1CCCC1. The molecule has 0 amide bonds. The average Bonchev–Trinajstić information content (AvgIpc) is 3.36. The van der Waals surface area contributed by atoms with Gasteiger partial charge in [0.2, 0.25) is 0 Å². The van der Waals surface area contributed by atoms with Crippen LogP contribution in [-0.2, 0) is 17.8 Å². The summed E-state index contributed by atoms with van der Waals surface area (Å²) in [6, 6.07) is 12.6. The minimum atomic E-state index is -1.01. The number of anilines is 1. The number of nitrogens with one attached hydrogen (secondary N) is 1. The Kier molecular flexibility index (Phi) is 7.59. The van der Waals surface area contributed by atoms with Gasteiger partial charge in [0, 0.05) is 12.1 Å². The lowest BCUT2D eigenvalue weighted by Crippen LogP contribution is -2.32. The van der Waals surface area contributed by atoms with E-state index in [0.717, 1.165) is 46.7 Å². The van der Waals surface area contributed by atoms with E-state index in [2.05, 4.69) is 15.3 Å². The number of carboxylic acids is 1. The van der Waals surface area contributed by atoms with Crippen LogP contribution < -0.4 is 20.5 Å². The van der Waals surface area contributed by atoms with Crippen molar-refractivity contribution in [2.75, 3.05) is 12.4 Å². The van der Waals surface area contributed by atoms with Crippen molar-refractivity contribution in [3.8, 4) is 22.8 Å². The van der Waals surface area contributed by atoms with Gasteiger partial charge in [0.05, 0.1) is 31.3 Å². The Balaban J connectivity index is 1.41. The molecule has 1 aromatic heterocycles. The Morgan fingerprint density at radius 1 is 1.12 bits per heavy atom. The van der Waals surface area contributed by atoms with Crippen LogP contribution in [0.5, 0.6) is 11.5 Å². The highest BCUT2D eigenvalue weighted by Crippen LogP contribution is 2.32. The van der Waals surface area contributed by atoms with Gasteiger partial charge in [-0.2, -0.15) is 0 Å². The molecule has 0 spiro atoms. The van der Waals surface area contributed by atoms with E-state index in [1.165, 1.54) is 12.8 Å². The van der Waals surface area contributed by atoms with Crippen molar-refractivity contribution in [1.29, 1.82) is 0 Å². The van der Waals surface area contributed by atoms with E-state index < -0.39 is 12.0 Å². The van der Waals surface area contributed by atoms with E-state index in [1.807, 2.05) is 42.5 Å². The molecule has 34 heavy (non-hydrogen) atoms. The molecule has 0 saturated heterocycles. The number of nitrogens with zero attached hydrogens (tertiary/aromatic N) is 2. The Bertz CT molecular complexity index is 1110. The summed E-state index contributed by atoms with van der Waals surface area (Å²) in [6.07, 6.45) is 8.50. The molecule has 0 bridgehead atoms. The number of hydrogen-bond acceptors (Lipinski definition) is 7. The number of nitrogens with two attached hydrogens (primary N) is 1. The molecule has 1 saturated carbocycles. The van der Waals surface area contributed by atoms with Crippen LogP contribution in [0, 0.1) is 0 Å². The summed E-state index contributed by atoms with van der Waals surface area (Å²) in [5, 5.41) is 12.3. The summed E-state index contributed by atoms with van der Waals surface area (Å²) in [5.41, 5.74) is 9.14. The molecule has 8 nitrogen and oxygen atoms in total. The van der Waals surface area contributed by atoms with Crippen molar-refractivity contribution in [2.24, 2.45) is 5.73 Å². The van der Waals surface area contributed by atoms with E-state index in [4.69, 9.17) is 20.3 Å². The van der Waals surface area contributed by atoms with Gasteiger partial charge < -0.3 is 25.6 Å². The van der Waals surface area contributed by atoms with Gasteiger partial charge in [0.1, 0.15) is 11.9 Å². The molecule has 8 heteroatoms. The zero-order chi connectivity index (χ0) is 23.9. The lowest BCUT2D eigenvalue weighted by molar-refractivity contribution is -0.138. The van der Waals surface area contributed by atoms with Gasteiger partial charge in [-0.25, -0.2) is 4.98 Å². The second-order valence-corrected chi connectivity index (χ2v) is 8.50.